The second-order valence-electron chi connectivity index (χ2n) is 7.36. The first-order chi connectivity index (χ1) is 12.3. The van der Waals surface area contributed by atoms with Crippen molar-refractivity contribution in [1.82, 2.24) is 9.78 Å². The van der Waals surface area contributed by atoms with E-state index < -0.39 is 17.5 Å². The van der Waals surface area contributed by atoms with Gasteiger partial charge in [-0.15, -0.1) is 0 Å². The molecule has 1 unspecified atom stereocenters. The number of rotatable bonds is 4. The maximum Gasteiger partial charge on any atom is 0.262 e. The van der Waals surface area contributed by atoms with Crippen LogP contribution in [-0.4, -0.2) is 20.8 Å². The normalized spacial score (nSPS) is 17.7. The molecule has 1 aromatic carbocycles. The molecule has 1 aliphatic rings. The van der Waals surface area contributed by atoms with E-state index in [0.29, 0.717) is 16.9 Å². The molecular weight excluding hydrogens is 333 g/mol. The fourth-order valence-electron chi connectivity index (χ4n) is 3.99. The van der Waals surface area contributed by atoms with Gasteiger partial charge in [-0.1, -0.05) is 37.5 Å². The summed E-state index contributed by atoms with van der Waals surface area (Å²) in [6.07, 6.45) is 5.34. The van der Waals surface area contributed by atoms with E-state index in [-0.39, 0.29) is 11.5 Å². The standard InChI is InChI=1S/C20H26FN3O2/c1-13-17(18(21)24(3)23-13)19(25)22-16-12-8-7-11-15(16)20(2,26)14-9-5-4-6-10-14/h7-8,11-12,14,26H,4-6,9-10H2,1-3H3,(H,22,25). The smallest absolute Gasteiger partial charge is 0.262 e. The molecule has 3 rings (SSSR count). The molecule has 1 aliphatic carbocycles. The first kappa shape index (κ1) is 18.6. The van der Waals surface area contributed by atoms with Gasteiger partial charge in [-0.3, -0.25) is 4.79 Å². The molecule has 0 saturated heterocycles. The van der Waals surface area contributed by atoms with E-state index in [9.17, 15) is 14.3 Å². The Morgan fingerprint density at radius 2 is 1.96 bits per heavy atom. The maximum absolute atomic E-state index is 14.2. The summed E-state index contributed by atoms with van der Waals surface area (Å²) < 4.78 is 15.2. The summed E-state index contributed by atoms with van der Waals surface area (Å²) in [5.41, 5.74) is 0.392. The first-order valence-electron chi connectivity index (χ1n) is 9.14. The predicted molar refractivity (Wildman–Crippen MR) is 98.4 cm³/mol. The number of aliphatic hydroxyl groups is 1. The lowest BCUT2D eigenvalue weighted by Gasteiger charge is -2.37. The number of benzene rings is 1. The molecule has 1 heterocycles. The molecule has 140 valence electrons. The molecule has 2 aromatic rings. The van der Waals surface area contributed by atoms with Crippen molar-refractivity contribution < 1.29 is 14.3 Å². The molecule has 0 spiro atoms. The van der Waals surface area contributed by atoms with E-state index in [0.717, 1.165) is 30.4 Å². The Bertz CT molecular complexity index is 807. The van der Waals surface area contributed by atoms with Crippen molar-refractivity contribution in [3.8, 4) is 0 Å². The summed E-state index contributed by atoms with van der Waals surface area (Å²) >= 11 is 0. The average Bonchev–Trinajstić information content (AvgIpc) is 2.88. The van der Waals surface area contributed by atoms with Crippen molar-refractivity contribution in [2.45, 2.75) is 51.6 Å². The van der Waals surface area contributed by atoms with Crippen LogP contribution in [0.15, 0.2) is 24.3 Å². The van der Waals surface area contributed by atoms with E-state index in [2.05, 4.69) is 10.4 Å². The number of nitrogens with zero attached hydrogens (tertiary/aromatic N) is 2. The largest absolute Gasteiger partial charge is 0.385 e. The highest BCUT2D eigenvalue weighted by molar-refractivity contribution is 6.05. The molecule has 0 radical (unpaired) electrons. The van der Waals surface area contributed by atoms with Gasteiger partial charge in [-0.05, 0) is 38.7 Å². The Balaban J connectivity index is 1.91. The van der Waals surface area contributed by atoms with Gasteiger partial charge in [0.15, 0.2) is 0 Å². The van der Waals surface area contributed by atoms with Crippen molar-refractivity contribution in [3.05, 3.63) is 47.0 Å². The maximum atomic E-state index is 14.2. The second-order valence-corrected chi connectivity index (χ2v) is 7.36. The van der Waals surface area contributed by atoms with Crippen molar-refractivity contribution in [1.29, 1.82) is 0 Å². The van der Waals surface area contributed by atoms with Crippen LogP contribution >= 0.6 is 0 Å². The summed E-state index contributed by atoms with van der Waals surface area (Å²) in [5, 5.41) is 18.0. The predicted octanol–water partition coefficient (Wildman–Crippen LogP) is 3.91. The number of nitrogens with one attached hydrogen (secondary N) is 1. The van der Waals surface area contributed by atoms with E-state index in [1.807, 2.05) is 19.1 Å². The Hall–Kier alpha value is -2.21. The molecule has 26 heavy (non-hydrogen) atoms. The van der Waals surface area contributed by atoms with E-state index >= 15 is 0 Å². The van der Waals surface area contributed by atoms with Crippen LogP contribution in [0.2, 0.25) is 0 Å². The fraction of sp³-hybridized carbons (Fsp3) is 0.500. The fourth-order valence-corrected chi connectivity index (χ4v) is 3.99. The van der Waals surface area contributed by atoms with Gasteiger partial charge in [-0.25, -0.2) is 4.68 Å². The third-order valence-corrected chi connectivity index (χ3v) is 5.50. The molecule has 0 bridgehead atoms. The van der Waals surface area contributed by atoms with Gasteiger partial charge in [-0.2, -0.15) is 9.49 Å². The van der Waals surface area contributed by atoms with Crippen LogP contribution in [0.5, 0.6) is 0 Å². The van der Waals surface area contributed by atoms with Gasteiger partial charge in [0.2, 0.25) is 5.95 Å². The average molecular weight is 359 g/mol. The Labute approximate surface area is 153 Å². The zero-order chi connectivity index (χ0) is 18.9. The van der Waals surface area contributed by atoms with Crippen LogP contribution in [0.4, 0.5) is 10.1 Å². The highest BCUT2D eigenvalue weighted by atomic mass is 19.1. The SMILES string of the molecule is Cc1nn(C)c(F)c1C(=O)Nc1ccccc1C(C)(O)C1CCCCC1. The second kappa shape index (κ2) is 7.19. The van der Waals surface area contributed by atoms with Gasteiger partial charge in [0.1, 0.15) is 5.56 Å². The number of hydrogen-bond acceptors (Lipinski definition) is 3. The lowest BCUT2D eigenvalue weighted by molar-refractivity contribution is -0.0208. The Kier molecular flexibility index (Phi) is 5.14. The molecule has 1 aromatic heterocycles. The van der Waals surface area contributed by atoms with Gasteiger partial charge >= 0.3 is 0 Å². The monoisotopic (exact) mass is 359 g/mol. The minimum Gasteiger partial charge on any atom is -0.385 e. The summed E-state index contributed by atoms with van der Waals surface area (Å²) in [7, 11) is 1.46. The lowest BCUT2D eigenvalue weighted by atomic mass is 9.74. The zero-order valence-electron chi connectivity index (χ0n) is 15.6. The Morgan fingerprint density at radius 1 is 1.31 bits per heavy atom. The summed E-state index contributed by atoms with van der Waals surface area (Å²) in [5.74, 6) is -1.08. The minimum atomic E-state index is -1.05. The van der Waals surface area contributed by atoms with Crippen molar-refractivity contribution in [2.75, 3.05) is 5.32 Å². The molecule has 6 heteroatoms. The summed E-state index contributed by atoms with van der Waals surface area (Å²) in [6, 6.07) is 7.21. The number of carbonyl (C=O) groups excluding carboxylic acids is 1. The minimum absolute atomic E-state index is 0.0698. The van der Waals surface area contributed by atoms with Crippen molar-refractivity contribution >= 4 is 11.6 Å². The van der Waals surface area contributed by atoms with Gasteiger partial charge < -0.3 is 10.4 Å². The number of anilines is 1. The van der Waals surface area contributed by atoms with Crippen LogP contribution in [-0.2, 0) is 12.6 Å². The van der Waals surface area contributed by atoms with E-state index in [1.54, 1.807) is 19.1 Å². The molecule has 1 atom stereocenters. The number of hydrogen-bond donors (Lipinski definition) is 2. The zero-order valence-corrected chi connectivity index (χ0v) is 15.6. The molecule has 0 aliphatic heterocycles. The number of para-hydroxylation sites is 1. The third-order valence-electron chi connectivity index (χ3n) is 5.50. The summed E-state index contributed by atoms with van der Waals surface area (Å²) in [4.78, 5) is 12.6. The summed E-state index contributed by atoms with van der Waals surface area (Å²) in [6.45, 7) is 3.41. The van der Waals surface area contributed by atoms with E-state index in [4.69, 9.17) is 0 Å². The van der Waals surface area contributed by atoms with Gasteiger partial charge in [0.25, 0.3) is 5.91 Å². The van der Waals surface area contributed by atoms with Crippen LogP contribution in [0, 0.1) is 18.8 Å². The topological polar surface area (TPSA) is 67.2 Å². The van der Waals surface area contributed by atoms with Crippen molar-refractivity contribution in [3.63, 3.8) is 0 Å². The van der Waals surface area contributed by atoms with Gasteiger partial charge in [0, 0.05) is 18.3 Å². The number of halogens is 1. The van der Waals surface area contributed by atoms with Crippen LogP contribution in [0.25, 0.3) is 0 Å². The van der Waals surface area contributed by atoms with Crippen LogP contribution < -0.4 is 5.32 Å². The number of carbonyl (C=O) groups is 1. The highest BCUT2D eigenvalue weighted by Crippen LogP contribution is 2.41. The number of amides is 1. The van der Waals surface area contributed by atoms with E-state index in [1.165, 1.54) is 13.5 Å². The van der Waals surface area contributed by atoms with Crippen LogP contribution in [0.1, 0.15) is 60.6 Å². The number of aryl methyl sites for hydroxylation is 2. The third kappa shape index (κ3) is 3.38. The quantitative estimate of drug-likeness (QED) is 0.870. The molecule has 5 nitrogen and oxygen atoms in total. The Morgan fingerprint density at radius 3 is 2.58 bits per heavy atom. The highest BCUT2D eigenvalue weighted by Gasteiger charge is 2.36. The first-order valence-corrected chi connectivity index (χ1v) is 9.14. The molecule has 1 fully saturated rings. The van der Waals surface area contributed by atoms with Crippen LogP contribution in [0.3, 0.4) is 0 Å². The lowest BCUT2D eigenvalue weighted by Crippen LogP contribution is -2.34. The molecule has 1 amide bonds. The van der Waals surface area contributed by atoms with Crippen molar-refractivity contribution in [2.24, 2.45) is 13.0 Å². The molecule has 1 saturated carbocycles. The number of aromatic nitrogens is 2. The molecular formula is C20H26FN3O2. The van der Waals surface area contributed by atoms with Gasteiger partial charge in [0.05, 0.1) is 11.3 Å². The molecule has 2 N–H and O–H groups in total.